The van der Waals surface area contributed by atoms with Crippen LogP contribution < -0.4 is 4.90 Å². The number of anilines is 1. The van der Waals surface area contributed by atoms with E-state index in [9.17, 15) is 14.4 Å². The zero-order valence-corrected chi connectivity index (χ0v) is 19.6. The van der Waals surface area contributed by atoms with Gasteiger partial charge in [0.1, 0.15) is 10.9 Å². The van der Waals surface area contributed by atoms with Crippen molar-refractivity contribution in [2.45, 2.75) is 31.6 Å². The lowest BCUT2D eigenvalue weighted by molar-refractivity contribution is -0.140. The monoisotopic (exact) mass is 478 g/mol. The average molecular weight is 479 g/mol. The van der Waals surface area contributed by atoms with Crippen molar-refractivity contribution in [3.8, 4) is 0 Å². The maximum atomic E-state index is 12.5. The number of carboxylic acid groups (broad SMARTS) is 1. The molecule has 1 aromatic rings. The highest BCUT2D eigenvalue weighted by Gasteiger charge is 2.33. The minimum atomic E-state index is -1.11. The molecule has 2 aliphatic heterocycles. The highest BCUT2D eigenvalue weighted by atomic mass is 32.2. The van der Waals surface area contributed by atoms with Gasteiger partial charge in [-0.25, -0.2) is 4.79 Å². The summed E-state index contributed by atoms with van der Waals surface area (Å²) in [7, 11) is 0. The number of allylic oxidation sites excluding steroid dienone is 2. The van der Waals surface area contributed by atoms with Crippen LogP contribution in [0.2, 0.25) is 0 Å². The number of thioether (sulfide) groups is 2. The second kappa shape index (κ2) is 10.3. The van der Waals surface area contributed by atoms with Crippen molar-refractivity contribution in [1.29, 1.82) is 0 Å². The van der Waals surface area contributed by atoms with E-state index in [0.29, 0.717) is 17.1 Å². The summed E-state index contributed by atoms with van der Waals surface area (Å²) in [4.78, 5) is 40.2. The normalized spacial score (nSPS) is 18.3. The van der Waals surface area contributed by atoms with Crippen LogP contribution >= 0.6 is 35.7 Å². The number of amides is 1. The molecule has 0 spiro atoms. The molecule has 1 amide bonds. The van der Waals surface area contributed by atoms with E-state index in [1.165, 1.54) is 0 Å². The first kappa shape index (κ1) is 23.4. The number of aliphatic carboxylic acids is 1. The first-order valence-electron chi connectivity index (χ1n) is 9.79. The Kier molecular flexibility index (Phi) is 7.79. The second-order valence-corrected chi connectivity index (χ2v) is 9.44. The van der Waals surface area contributed by atoms with Crippen molar-refractivity contribution in [2.75, 3.05) is 24.6 Å². The molecule has 0 bridgehead atoms. The first-order chi connectivity index (χ1) is 14.8. The number of fused-ring (bicyclic) bond motifs is 1. The fraction of sp³-hybridized carbons (Fsp3) is 0.333. The molecule has 10 heteroatoms. The topological polar surface area (TPSA) is 87.2 Å². The number of hydrogen-bond donors (Lipinski definition) is 1. The average Bonchev–Trinajstić information content (AvgIpc) is 3.21. The van der Waals surface area contributed by atoms with Crippen molar-refractivity contribution in [2.24, 2.45) is 0 Å². The smallest absolute Gasteiger partial charge is 0.338 e. The van der Waals surface area contributed by atoms with Gasteiger partial charge < -0.3 is 14.7 Å². The summed E-state index contributed by atoms with van der Waals surface area (Å²) in [5, 5.41) is 9.90. The molecule has 2 aliphatic rings. The third-order valence-corrected chi connectivity index (χ3v) is 7.05. The highest BCUT2D eigenvalue weighted by Crippen LogP contribution is 2.47. The number of carboxylic acids is 1. The summed E-state index contributed by atoms with van der Waals surface area (Å²) >= 11 is 7.79. The van der Waals surface area contributed by atoms with Crippen molar-refractivity contribution in [3.63, 3.8) is 0 Å². The molecule has 2 heterocycles. The van der Waals surface area contributed by atoms with Gasteiger partial charge in [0.2, 0.25) is 0 Å². The number of unbranched alkanes of at least 4 members (excludes halogenated alkanes) is 1. The number of rotatable bonds is 8. The van der Waals surface area contributed by atoms with Crippen molar-refractivity contribution < 1.29 is 24.2 Å². The molecule has 1 fully saturated rings. The molecule has 164 valence electrons. The van der Waals surface area contributed by atoms with Gasteiger partial charge >= 0.3 is 11.9 Å². The summed E-state index contributed by atoms with van der Waals surface area (Å²) in [5.41, 5.74) is 1.43. The van der Waals surface area contributed by atoms with E-state index < -0.39 is 18.4 Å². The summed E-state index contributed by atoms with van der Waals surface area (Å²) < 4.78 is 5.36. The van der Waals surface area contributed by atoms with Gasteiger partial charge in [-0.05, 0) is 43.7 Å². The Hall–Kier alpha value is -2.30. The second-order valence-electron chi connectivity index (χ2n) is 6.70. The van der Waals surface area contributed by atoms with Crippen LogP contribution in [0.3, 0.4) is 0 Å². The molecule has 0 unspecified atom stereocenters. The Morgan fingerprint density at radius 1 is 1.19 bits per heavy atom. The number of hydrogen-bond acceptors (Lipinski definition) is 8. The van der Waals surface area contributed by atoms with Gasteiger partial charge in [-0.15, -0.1) is 0 Å². The Labute approximate surface area is 194 Å². The van der Waals surface area contributed by atoms with Gasteiger partial charge in [0.15, 0.2) is 0 Å². The summed E-state index contributed by atoms with van der Waals surface area (Å²) in [6.45, 7) is 4.51. The minimum Gasteiger partial charge on any atom is -0.480 e. The molecule has 1 aromatic carbocycles. The van der Waals surface area contributed by atoms with E-state index >= 15 is 0 Å². The fourth-order valence-corrected chi connectivity index (χ4v) is 5.31. The van der Waals surface area contributed by atoms with E-state index in [0.717, 1.165) is 51.7 Å². The highest BCUT2D eigenvalue weighted by molar-refractivity contribution is 8.26. The SMILES string of the molecule is CCCCN1/C(=C/C=C2/SC(=S)N(CC(=O)O)C2=O)Sc2ccc(C(=O)OCC)cc21. The van der Waals surface area contributed by atoms with Crippen LogP contribution in [0.5, 0.6) is 0 Å². The summed E-state index contributed by atoms with van der Waals surface area (Å²) in [6, 6.07) is 5.49. The molecular weight excluding hydrogens is 456 g/mol. The molecular formula is C21H22N2O5S3. The third-order valence-electron chi connectivity index (χ3n) is 4.52. The van der Waals surface area contributed by atoms with E-state index in [-0.39, 0.29) is 10.3 Å². The largest absolute Gasteiger partial charge is 0.480 e. The standard InChI is InChI=1S/C21H22N2O5S3/c1-3-5-10-22-14-11-13(20(27)28-4-2)6-7-15(14)30-17(22)9-8-16-19(26)23(12-18(24)25)21(29)31-16/h6-9,11H,3-5,10,12H2,1-2H3,(H,24,25)/b16-8+,17-9-. The summed E-state index contributed by atoms with van der Waals surface area (Å²) in [5.74, 6) is -1.87. The number of carbonyl (C=O) groups excluding carboxylic acids is 2. The van der Waals surface area contributed by atoms with Crippen LogP contribution in [0.4, 0.5) is 5.69 Å². The zero-order chi connectivity index (χ0) is 22.5. The van der Waals surface area contributed by atoms with E-state index in [2.05, 4.69) is 11.8 Å². The van der Waals surface area contributed by atoms with Crippen molar-refractivity contribution in [1.82, 2.24) is 4.90 Å². The molecule has 0 radical (unpaired) electrons. The number of thiocarbonyl (C=S) groups is 1. The molecule has 0 aromatic heterocycles. The molecule has 3 rings (SSSR count). The number of ether oxygens (including phenoxy) is 1. The van der Waals surface area contributed by atoms with Gasteiger partial charge in [0.25, 0.3) is 5.91 Å². The van der Waals surface area contributed by atoms with Crippen LogP contribution in [-0.4, -0.2) is 51.9 Å². The maximum absolute atomic E-state index is 12.5. The van der Waals surface area contributed by atoms with Gasteiger partial charge in [-0.2, -0.15) is 0 Å². The fourth-order valence-electron chi connectivity index (χ4n) is 3.05. The van der Waals surface area contributed by atoms with Crippen molar-refractivity contribution >= 4 is 63.6 Å². The number of carbonyl (C=O) groups is 3. The van der Waals surface area contributed by atoms with Gasteiger partial charge in [0, 0.05) is 11.4 Å². The number of esters is 1. The number of benzene rings is 1. The lowest BCUT2D eigenvalue weighted by atomic mass is 10.2. The lowest BCUT2D eigenvalue weighted by Gasteiger charge is -2.20. The van der Waals surface area contributed by atoms with Gasteiger partial charge in [-0.3, -0.25) is 14.5 Å². The zero-order valence-electron chi connectivity index (χ0n) is 17.1. The Balaban J connectivity index is 1.87. The molecule has 0 saturated carbocycles. The molecule has 1 saturated heterocycles. The van der Waals surface area contributed by atoms with E-state index in [1.807, 2.05) is 18.2 Å². The van der Waals surface area contributed by atoms with Crippen LogP contribution in [0.15, 0.2) is 45.2 Å². The molecule has 7 nitrogen and oxygen atoms in total. The third kappa shape index (κ3) is 5.31. The Bertz CT molecular complexity index is 989. The Morgan fingerprint density at radius 2 is 1.97 bits per heavy atom. The molecule has 1 N–H and O–H groups in total. The lowest BCUT2D eigenvalue weighted by Crippen LogP contribution is -2.33. The molecule has 0 aliphatic carbocycles. The van der Waals surface area contributed by atoms with E-state index in [1.54, 1.807) is 30.8 Å². The first-order valence-corrected chi connectivity index (χ1v) is 11.8. The maximum Gasteiger partial charge on any atom is 0.338 e. The van der Waals surface area contributed by atoms with E-state index in [4.69, 9.17) is 22.1 Å². The van der Waals surface area contributed by atoms with Gasteiger partial charge in [-0.1, -0.05) is 49.1 Å². The van der Waals surface area contributed by atoms with Crippen LogP contribution in [-0.2, 0) is 14.3 Å². The van der Waals surface area contributed by atoms with Crippen molar-refractivity contribution in [3.05, 3.63) is 45.8 Å². The number of nitrogens with zero attached hydrogens (tertiary/aromatic N) is 2. The molecule has 0 atom stereocenters. The van der Waals surface area contributed by atoms with Crippen LogP contribution in [0.1, 0.15) is 37.0 Å². The van der Waals surface area contributed by atoms with Crippen LogP contribution in [0.25, 0.3) is 0 Å². The quantitative estimate of drug-likeness (QED) is 0.335. The van der Waals surface area contributed by atoms with Gasteiger partial charge in [0.05, 0.1) is 27.8 Å². The predicted molar refractivity (Wildman–Crippen MR) is 126 cm³/mol. The Morgan fingerprint density at radius 3 is 2.65 bits per heavy atom. The van der Waals surface area contributed by atoms with Crippen LogP contribution in [0, 0.1) is 0 Å². The minimum absolute atomic E-state index is 0.237. The predicted octanol–water partition coefficient (Wildman–Crippen LogP) is 4.25. The molecule has 31 heavy (non-hydrogen) atoms. The summed E-state index contributed by atoms with van der Waals surface area (Å²) in [6.07, 6.45) is 5.49.